The minimum absolute atomic E-state index is 0.212. The van der Waals surface area contributed by atoms with Crippen LogP contribution in [0.3, 0.4) is 0 Å². The predicted molar refractivity (Wildman–Crippen MR) is 117 cm³/mol. The molecule has 0 N–H and O–H groups in total. The molecule has 31 heavy (non-hydrogen) atoms. The monoisotopic (exact) mass is 449 g/mol. The molecule has 0 aliphatic carbocycles. The number of esters is 1. The van der Waals surface area contributed by atoms with E-state index in [2.05, 4.69) is 0 Å². The Morgan fingerprint density at radius 3 is 2.13 bits per heavy atom. The molecule has 0 atom stereocenters. The molecule has 0 aliphatic heterocycles. The normalized spacial score (nSPS) is 11.6. The minimum Gasteiger partial charge on any atom is -0.454 e. The Balaban J connectivity index is 2.26. The summed E-state index contributed by atoms with van der Waals surface area (Å²) >= 11 is 0. The molecule has 0 aromatic heterocycles. The van der Waals surface area contributed by atoms with Gasteiger partial charge < -0.3 is 4.74 Å². The van der Waals surface area contributed by atoms with Crippen LogP contribution in [0.25, 0.3) is 0 Å². The molecule has 0 unspecified atom stereocenters. The largest absolute Gasteiger partial charge is 0.454 e. The Morgan fingerprint density at radius 2 is 1.55 bits per heavy atom. The standard InChI is InChI=1S/C23H28FNO5S/c1-7-25(8-2)31(28,29)18-9-10-21(24)20(12-18)23(27)30-13-22(26)19-11-14(3)15(4)16(5)17(19)6/h9-12H,7-8,13H2,1-6H3. The van der Waals surface area contributed by atoms with Crippen molar-refractivity contribution in [2.75, 3.05) is 19.7 Å². The third-order valence-electron chi connectivity index (χ3n) is 5.62. The third-order valence-corrected chi connectivity index (χ3v) is 7.66. The van der Waals surface area contributed by atoms with Gasteiger partial charge in [-0.1, -0.05) is 13.8 Å². The smallest absolute Gasteiger partial charge is 0.341 e. The van der Waals surface area contributed by atoms with Crippen LogP contribution in [0.1, 0.15) is 56.8 Å². The zero-order valence-electron chi connectivity index (χ0n) is 18.7. The Bertz CT molecular complexity index is 1120. The Hall–Kier alpha value is -2.58. The predicted octanol–water partition coefficient (Wildman–Crippen LogP) is 4.13. The maximum absolute atomic E-state index is 14.2. The molecule has 6 nitrogen and oxygen atoms in total. The first-order valence-corrected chi connectivity index (χ1v) is 11.5. The summed E-state index contributed by atoms with van der Waals surface area (Å²) in [6.07, 6.45) is 0. The number of aryl methyl sites for hydroxylation is 1. The lowest BCUT2D eigenvalue weighted by Gasteiger charge is -2.18. The molecule has 2 rings (SSSR count). The van der Waals surface area contributed by atoms with E-state index < -0.39 is 39.8 Å². The first kappa shape index (κ1) is 24.7. The van der Waals surface area contributed by atoms with E-state index in [0.717, 1.165) is 40.5 Å². The SMILES string of the molecule is CCN(CC)S(=O)(=O)c1ccc(F)c(C(=O)OCC(=O)c2cc(C)c(C)c(C)c2C)c1. The number of benzene rings is 2. The van der Waals surface area contributed by atoms with Crippen molar-refractivity contribution in [3.05, 3.63) is 63.5 Å². The quantitative estimate of drug-likeness (QED) is 0.447. The first-order chi connectivity index (χ1) is 14.4. The van der Waals surface area contributed by atoms with E-state index in [-0.39, 0.29) is 18.0 Å². The van der Waals surface area contributed by atoms with Crippen LogP contribution >= 0.6 is 0 Å². The second-order valence-corrected chi connectivity index (χ2v) is 9.28. The van der Waals surface area contributed by atoms with Gasteiger partial charge in [-0.3, -0.25) is 4.79 Å². The second kappa shape index (κ2) is 9.70. The molecule has 0 radical (unpaired) electrons. The molecule has 0 bridgehead atoms. The lowest BCUT2D eigenvalue weighted by atomic mass is 9.93. The maximum atomic E-state index is 14.2. The van der Waals surface area contributed by atoms with E-state index in [0.29, 0.717) is 5.56 Å². The molecule has 8 heteroatoms. The number of nitrogens with zero attached hydrogens (tertiary/aromatic N) is 1. The van der Waals surface area contributed by atoms with Gasteiger partial charge in [-0.05, 0) is 74.2 Å². The number of hydrogen-bond acceptors (Lipinski definition) is 5. The average Bonchev–Trinajstić information content (AvgIpc) is 2.73. The van der Waals surface area contributed by atoms with Gasteiger partial charge in [0.15, 0.2) is 6.61 Å². The molecule has 0 saturated carbocycles. The summed E-state index contributed by atoms with van der Waals surface area (Å²) < 4.78 is 45.8. The van der Waals surface area contributed by atoms with Gasteiger partial charge in [0, 0.05) is 18.7 Å². The molecule has 0 amide bonds. The van der Waals surface area contributed by atoms with E-state index in [4.69, 9.17) is 4.74 Å². The summed E-state index contributed by atoms with van der Waals surface area (Å²) in [4.78, 5) is 24.8. The molecule has 0 saturated heterocycles. The molecule has 2 aromatic rings. The minimum atomic E-state index is -3.88. The summed E-state index contributed by atoms with van der Waals surface area (Å²) in [6, 6.07) is 4.70. The fourth-order valence-corrected chi connectivity index (χ4v) is 4.81. The summed E-state index contributed by atoms with van der Waals surface area (Å²) in [5.41, 5.74) is 3.70. The van der Waals surface area contributed by atoms with Crippen molar-refractivity contribution in [2.45, 2.75) is 46.4 Å². The number of Topliss-reactive ketones (excluding diaryl/α,β-unsaturated/α-hetero) is 1. The molecule has 2 aromatic carbocycles. The lowest BCUT2D eigenvalue weighted by molar-refractivity contribution is 0.0469. The number of carbonyl (C=O) groups is 2. The van der Waals surface area contributed by atoms with E-state index in [1.807, 2.05) is 27.7 Å². The van der Waals surface area contributed by atoms with Crippen LogP contribution in [0.5, 0.6) is 0 Å². The van der Waals surface area contributed by atoms with Crippen molar-refractivity contribution in [3.63, 3.8) is 0 Å². The van der Waals surface area contributed by atoms with Crippen molar-refractivity contribution in [1.82, 2.24) is 4.31 Å². The molecule has 0 fully saturated rings. The van der Waals surface area contributed by atoms with Crippen LogP contribution < -0.4 is 0 Å². The number of ether oxygens (including phenoxy) is 1. The zero-order valence-corrected chi connectivity index (χ0v) is 19.5. The zero-order chi connectivity index (χ0) is 23.5. The van der Waals surface area contributed by atoms with Crippen LogP contribution in [0.4, 0.5) is 4.39 Å². The number of rotatable bonds is 8. The summed E-state index contributed by atoms with van der Waals surface area (Å²) in [6.45, 7) is 10.8. The van der Waals surface area contributed by atoms with Gasteiger partial charge >= 0.3 is 5.97 Å². The van der Waals surface area contributed by atoms with Gasteiger partial charge in [0.2, 0.25) is 15.8 Å². The van der Waals surface area contributed by atoms with Gasteiger partial charge in [0.05, 0.1) is 10.5 Å². The topological polar surface area (TPSA) is 80.8 Å². The van der Waals surface area contributed by atoms with E-state index >= 15 is 0 Å². The molecule has 0 spiro atoms. The number of carbonyl (C=O) groups excluding carboxylic acids is 2. The van der Waals surface area contributed by atoms with E-state index in [1.165, 1.54) is 4.31 Å². The fraction of sp³-hybridized carbons (Fsp3) is 0.391. The fourth-order valence-electron chi connectivity index (χ4n) is 3.32. The van der Waals surface area contributed by atoms with Gasteiger partial charge in [-0.15, -0.1) is 0 Å². The summed E-state index contributed by atoms with van der Waals surface area (Å²) in [5.74, 6) is -2.43. The number of hydrogen-bond donors (Lipinski definition) is 0. The Kier molecular flexibility index (Phi) is 7.72. The molecule has 0 heterocycles. The van der Waals surface area contributed by atoms with Gasteiger partial charge in [-0.2, -0.15) is 4.31 Å². The van der Waals surface area contributed by atoms with Crippen LogP contribution in [0, 0.1) is 33.5 Å². The molecule has 0 aliphatic rings. The van der Waals surface area contributed by atoms with Crippen molar-refractivity contribution in [2.24, 2.45) is 0 Å². The first-order valence-electron chi connectivity index (χ1n) is 10.0. The van der Waals surface area contributed by atoms with Crippen LogP contribution in [-0.4, -0.2) is 44.2 Å². The number of halogens is 1. The summed E-state index contributed by atoms with van der Waals surface area (Å²) in [7, 11) is -3.88. The van der Waals surface area contributed by atoms with Crippen LogP contribution in [0.15, 0.2) is 29.2 Å². The highest BCUT2D eigenvalue weighted by Gasteiger charge is 2.25. The van der Waals surface area contributed by atoms with E-state index in [1.54, 1.807) is 19.9 Å². The van der Waals surface area contributed by atoms with Crippen molar-refractivity contribution < 1.29 is 27.1 Å². The highest BCUT2D eigenvalue weighted by Crippen LogP contribution is 2.23. The third kappa shape index (κ3) is 5.02. The average molecular weight is 450 g/mol. The van der Waals surface area contributed by atoms with E-state index in [9.17, 15) is 22.4 Å². The molecule has 168 valence electrons. The highest BCUT2D eigenvalue weighted by atomic mass is 32.2. The highest BCUT2D eigenvalue weighted by molar-refractivity contribution is 7.89. The van der Waals surface area contributed by atoms with Crippen LogP contribution in [0.2, 0.25) is 0 Å². The Labute approximate surface area is 183 Å². The van der Waals surface area contributed by atoms with Gasteiger partial charge in [0.25, 0.3) is 0 Å². The lowest BCUT2D eigenvalue weighted by Crippen LogP contribution is -2.30. The number of ketones is 1. The van der Waals surface area contributed by atoms with Crippen molar-refractivity contribution in [1.29, 1.82) is 0 Å². The summed E-state index contributed by atoms with van der Waals surface area (Å²) in [5, 5.41) is 0. The maximum Gasteiger partial charge on any atom is 0.341 e. The number of sulfonamides is 1. The van der Waals surface area contributed by atoms with Crippen LogP contribution in [-0.2, 0) is 14.8 Å². The molecular weight excluding hydrogens is 421 g/mol. The molecular formula is C23H28FNO5S. The van der Waals surface area contributed by atoms with Crippen molar-refractivity contribution in [3.8, 4) is 0 Å². The Morgan fingerprint density at radius 1 is 0.935 bits per heavy atom. The second-order valence-electron chi connectivity index (χ2n) is 7.35. The van der Waals surface area contributed by atoms with Gasteiger partial charge in [0.1, 0.15) is 5.82 Å². The van der Waals surface area contributed by atoms with Crippen molar-refractivity contribution >= 4 is 21.8 Å². The van der Waals surface area contributed by atoms with Gasteiger partial charge in [-0.25, -0.2) is 17.6 Å².